The molecule has 0 N–H and O–H groups in total. The molecular formula is C27H23NO. The van der Waals surface area contributed by atoms with Gasteiger partial charge in [-0.1, -0.05) is 60.7 Å². The first-order chi connectivity index (χ1) is 14.2. The second-order valence-corrected chi connectivity index (χ2v) is 7.66. The average Bonchev–Trinajstić information content (AvgIpc) is 3.12. The highest BCUT2D eigenvalue weighted by Gasteiger charge is 2.16. The van der Waals surface area contributed by atoms with Gasteiger partial charge in [0.2, 0.25) is 0 Å². The van der Waals surface area contributed by atoms with Gasteiger partial charge in [-0.25, -0.2) is 0 Å². The summed E-state index contributed by atoms with van der Waals surface area (Å²) < 4.78 is 6.13. The van der Waals surface area contributed by atoms with E-state index in [4.69, 9.17) is 4.42 Å². The predicted octanol–water partition coefficient (Wildman–Crippen LogP) is 7.80. The third-order valence-electron chi connectivity index (χ3n) is 5.39. The normalized spacial score (nSPS) is 11.4. The van der Waals surface area contributed by atoms with Crippen LogP contribution in [0.5, 0.6) is 0 Å². The summed E-state index contributed by atoms with van der Waals surface area (Å²) in [6.45, 7) is 4.44. The van der Waals surface area contributed by atoms with E-state index in [0.717, 1.165) is 27.6 Å². The Labute approximate surface area is 171 Å². The van der Waals surface area contributed by atoms with Crippen LogP contribution in [0.1, 0.15) is 13.8 Å². The van der Waals surface area contributed by atoms with Crippen LogP contribution in [0.3, 0.4) is 0 Å². The molecule has 0 fully saturated rings. The van der Waals surface area contributed by atoms with Crippen LogP contribution in [0.4, 0.5) is 11.4 Å². The van der Waals surface area contributed by atoms with E-state index < -0.39 is 0 Å². The van der Waals surface area contributed by atoms with Crippen LogP contribution >= 0.6 is 0 Å². The van der Waals surface area contributed by atoms with E-state index in [9.17, 15) is 0 Å². The Balaban J connectivity index is 1.61. The molecule has 5 rings (SSSR count). The van der Waals surface area contributed by atoms with Crippen molar-refractivity contribution in [1.29, 1.82) is 0 Å². The summed E-state index contributed by atoms with van der Waals surface area (Å²) in [5.41, 5.74) is 6.62. The Morgan fingerprint density at radius 1 is 0.586 bits per heavy atom. The number of fused-ring (bicyclic) bond motifs is 3. The molecule has 2 heteroatoms. The van der Waals surface area contributed by atoms with Crippen molar-refractivity contribution < 1.29 is 4.42 Å². The lowest BCUT2D eigenvalue weighted by Crippen LogP contribution is -2.25. The van der Waals surface area contributed by atoms with Gasteiger partial charge in [-0.05, 0) is 55.3 Å². The second-order valence-electron chi connectivity index (χ2n) is 7.66. The number of nitrogens with zero attached hydrogens (tertiary/aromatic N) is 1. The predicted molar refractivity (Wildman–Crippen MR) is 123 cm³/mol. The molecule has 2 nitrogen and oxygen atoms in total. The van der Waals surface area contributed by atoms with Crippen LogP contribution in [0.25, 0.3) is 33.1 Å². The monoisotopic (exact) mass is 377 g/mol. The first-order valence-electron chi connectivity index (χ1n) is 10.1. The number of rotatable bonds is 4. The van der Waals surface area contributed by atoms with Gasteiger partial charge in [0.15, 0.2) is 0 Å². The Bertz CT molecular complexity index is 1280. The number of para-hydroxylation sites is 1. The summed E-state index contributed by atoms with van der Waals surface area (Å²) in [6, 6.07) is 34.3. The number of furan rings is 1. The first-order valence-corrected chi connectivity index (χ1v) is 10.1. The molecule has 0 aliphatic rings. The van der Waals surface area contributed by atoms with Crippen LogP contribution in [0.15, 0.2) is 101 Å². The fourth-order valence-corrected chi connectivity index (χ4v) is 4.08. The number of hydrogen-bond donors (Lipinski definition) is 0. The maximum atomic E-state index is 6.13. The van der Waals surface area contributed by atoms with E-state index in [1.165, 1.54) is 16.8 Å². The highest BCUT2D eigenvalue weighted by atomic mass is 16.3. The lowest BCUT2D eigenvalue weighted by atomic mass is 10.0. The Kier molecular flexibility index (Phi) is 4.33. The third kappa shape index (κ3) is 3.17. The first kappa shape index (κ1) is 17.6. The molecule has 4 aromatic carbocycles. The quantitative estimate of drug-likeness (QED) is 0.318. The van der Waals surface area contributed by atoms with E-state index in [0.29, 0.717) is 6.04 Å². The molecule has 0 spiro atoms. The zero-order chi connectivity index (χ0) is 19.8. The van der Waals surface area contributed by atoms with E-state index in [1.807, 2.05) is 12.1 Å². The van der Waals surface area contributed by atoms with E-state index >= 15 is 0 Å². The summed E-state index contributed by atoms with van der Waals surface area (Å²) in [5.74, 6) is 0. The van der Waals surface area contributed by atoms with Gasteiger partial charge in [-0.3, -0.25) is 0 Å². The fraction of sp³-hybridized carbons (Fsp3) is 0.111. The minimum atomic E-state index is 0.308. The van der Waals surface area contributed by atoms with E-state index in [2.05, 4.69) is 104 Å². The maximum Gasteiger partial charge on any atom is 0.137 e. The second kappa shape index (κ2) is 7.14. The topological polar surface area (TPSA) is 16.4 Å². The molecule has 0 aliphatic heterocycles. The molecule has 0 amide bonds. The molecule has 0 saturated heterocycles. The summed E-state index contributed by atoms with van der Waals surface area (Å²) in [5, 5.41) is 2.32. The molecule has 0 aliphatic carbocycles. The Morgan fingerprint density at radius 3 is 2.10 bits per heavy atom. The summed E-state index contributed by atoms with van der Waals surface area (Å²) in [6.07, 6.45) is 0. The van der Waals surface area contributed by atoms with Crippen molar-refractivity contribution >= 4 is 33.3 Å². The van der Waals surface area contributed by atoms with Gasteiger partial charge < -0.3 is 9.32 Å². The molecule has 1 heterocycles. The molecule has 29 heavy (non-hydrogen) atoms. The summed E-state index contributed by atoms with van der Waals surface area (Å²) in [4.78, 5) is 2.36. The lowest BCUT2D eigenvalue weighted by molar-refractivity contribution is 0.668. The number of hydrogen-bond acceptors (Lipinski definition) is 2. The maximum absolute atomic E-state index is 6.13. The molecule has 0 saturated carbocycles. The molecule has 0 bridgehead atoms. The van der Waals surface area contributed by atoms with Crippen LogP contribution in [-0.2, 0) is 0 Å². The minimum Gasteiger partial charge on any atom is -0.456 e. The van der Waals surface area contributed by atoms with Crippen LogP contribution in [0, 0.1) is 0 Å². The van der Waals surface area contributed by atoms with Gasteiger partial charge in [0.25, 0.3) is 0 Å². The lowest BCUT2D eigenvalue weighted by Gasteiger charge is -2.29. The summed E-state index contributed by atoms with van der Waals surface area (Å²) >= 11 is 0. The highest BCUT2D eigenvalue weighted by molar-refractivity contribution is 6.05. The van der Waals surface area contributed by atoms with Crippen molar-refractivity contribution in [3.63, 3.8) is 0 Å². The average molecular weight is 377 g/mol. The molecule has 5 aromatic rings. The van der Waals surface area contributed by atoms with Crippen LogP contribution in [0.2, 0.25) is 0 Å². The van der Waals surface area contributed by atoms with Crippen molar-refractivity contribution in [3.8, 4) is 11.1 Å². The van der Waals surface area contributed by atoms with Crippen molar-refractivity contribution in [3.05, 3.63) is 97.1 Å². The third-order valence-corrected chi connectivity index (χ3v) is 5.39. The zero-order valence-corrected chi connectivity index (χ0v) is 16.7. The van der Waals surface area contributed by atoms with Crippen LogP contribution < -0.4 is 4.90 Å². The van der Waals surface area contributed by atoms with Crippen molar-refractivity contribution in [1.82, 2.24) is 0 Å². The smallest absolute Gasteiger partial charge is 0.137 e. The largest absolute Gasteiger partial charge is 0.456 e. The highest BCUT2D eigenvalue weighted by Crippen LogP contribution is 2.36. The minimum absolute atomic E-state index is 0.308. The standard InChI is InChI=1S/C27H23NO/c1-19(2)28(22-12-8-11-21(17-22)20-9-4-3-5-10-20)23-15-16-25-24-13-6-7-14-26(24)29-27(25)18-23/h3-19H,1-2H3. The van der Waals surface area contributed by atoms with E-state index in [1.54, 1.807) is 0 Å². The Morgan fingerprint density at radius 2 is 1.28 bits per heavy atom. The van der Waals surface area contributed by atoms with Gasteiger partial charge in [-0.15, -0.1) is 0 Å². The molecule has 142 valence electrons. The molecule has 0 atom stereocenters. The van der Waals surface area contributed by atoms with Crippen molar-refractivity contribution in [2.45, 2.75) is 19.9 Å². The van der Waals surface area contributed by atoms with Crippen LogP contribution in [-0.4, -0.2) is 6.04 Å². The van der Waals surface area contributed by atoms with Gasteiger partial charge in [-0.2, -0.15) is 0 Å². The SMILES string of the molecule is CC(C)N(c1cccc(-c2ccccc2)c1)c1ccc2c(c1)oc1ccccc12. The van der Waals surface area contributed by atoms with Gasteiger partial charge >= 0.3 is 0 Å². The van der Waals surface area contributed by atoms with E-state index in [-0.39, 0.29) is 0 Å². The van der Waals surface area contributed by atoms with Crippen molar-refractivity contribution in [2.75, 3.05) is 4.90 Å². The molecular weight excluding hydrogens is 354 g/mol. The number of benzene rings is 4. The van der Waals surface area contributed by atoms with Gasteiger partial charge in [0.05, 0.1) is 0 Å². The zero-order valence-electron chi connectivity index (χ0n) is 16.7. The van der Waals surface area contributed by atoms with Crippen molar-refractivity contribution in [2.24, 2.45) is 0 Å². The van der Waals surface area contributed by atoms with Gasteiger partial charge in [0.1, 0.15) is 11.2 Å². The molecule has 0 radical (unpaired) electrons. The summed E-state index contributed by atoms with van der Waals surface area (Å²) in [7, 11) is 0. The number of anilines is 2. The molecule has 1 aromatic heterocycles. The van der Waals surface area contributed by atoms with Gasteiger partial charge in [0, 0.05) is 34.3 Å². The Hall–Kier alpha value is -3.52. The fourth-order valence-electron chi connectivity index (χ4n) is 4.08. The molecule has 0 unspecified atom stereocenters.